The van der Waals surface area contributed by atoms with Crippen molar-refractivity contribution in [1.29, 1.82) is 0 Å². The number of guanidine groups is 1. The normalized spacial score (nSPS) is 15.7. The van der Waals surface area contributed by atoms with Crippen molar-refractivity contribution >= 4 is 29.9 Å². The van der Waals surface area contributed by atoms with Crippen LogP contribution in [0.1, 0.15) is 31.7 Å². The number of benzene rings is 1. The first-order valence-corrected chi connectivity index (χ1v) is 7.99. The highest BCUT2D eigenvalue weighted by molar-refractivity contribution is 14.0. The summed E-state index contributed by atoms with van der Waals surface area (Å²) in [5, 5.41) is 6.58. The first-order chi connectivity index (χ1) is 10.7. The van der Waals surface area contributed by atoms with E-state index in [-0.39, 0.29) is 35.2 Å². The topological polar surface area (TPSA) is 45.6 Å². The second-order valence-corrected chi connectivity index (χ2v) is 5.66. The van der Waals surface area contributed by atoms with Crippen LogP contribution in [0.15, 0.2) is 29.3 Å². The summed E-state index contributed by atoms with van der Waals surface area (Å²) < 4.78 is 19.3. The number of hydrogen-bond donors (Lipinski definition) is 2. The second-order valence-electron chi connectivity index (χ2n) is 5.66. The SMILES string of the molecule is CCOCCCNC(=NC)NCC1(c2ccccc2F)CC1.I. The molecule has 1 aliphatic rings. The first kappa shape index (κ1) is 20.2. The molecule has 0 aromatic heterocycles. The third kappa shape index (κ3) is 5.91. The summed E-state index contributed by atoms with van der Waals surface area (Å²) in [7, 11) is 1.75. The Morgan fingerprint density at radius 1 is 1.30 bits per heavy atom. The first-order valence-electron chi connectivity index (χ1n) is 7.99. The fraction of sp³-hybridized carbons (Fsp3) is 0.588. The van der Waals surface area contributed by atoms with E-state index in [0.29, 0.717) is 6.54 Å². The summed E-state index contributed by atoms with van der Waals surface area (Å²) in [5.41, 5.74) is 0.739. The third-order valence-electron chi connectivity index (χ3n) is 4.08. The zero-order valence-electron chi connectivity index (χ0n) is 13.9. The molecule has 0 aliphatic heterocycles. The minimum absolute atomic E-state index is 0. The lowest BCUT2D eigenvalue weighted by Gasteiger charge is -2.19. The van der Waals surface area contributed by atoms with E-state index in [0.717, 1.165) is 50.5 Å². The molecular weight excluding hydrogens is 408 g/mol. The third-order valence-corrected chi connectivity index (χ3v) is 4.08. The van der Waals surface area contributed by atoms with Crippen molar-refractivity contribution in [1.82, 2.24) is 10.6 Å². The molecule has 0 amide bonds. The lowest BCUT2D eigenvalue weighted by Crippen LogP contribution is -2.41. The van der Waals surface area contributed by atoms with Crippen LogP contribution in [-0.4, -0.2) is 39.3 Å². The van der Waals surface area contributed by atoms with Crippen LogP contribution in [0.3, 0.4) is 0 Å². The van der Waals surface area contributed by atoms with Gasteiger partial charge in [0.05, 0.1) is 0 Å². The molecule has 0 radical (unpaired) electrons. The van der Waals surface area contributed by atoms with Crippen LogP contribution in [0.2, 0.25) is 0 Å². The van der Waals surface area contributed by atoms with Gasteiger partial charge in [-0.15, -0.1) is 24.0 Å². The van der Waals surface area contributed by atoms with Crippen LogP contribution in [0, 0.1) is 5.82 Å². The number of rotatable bonds is 8. The monoisotopic (exact) mass is 435 g/mol. The molecule has 1 fully saturated rings. The molecule has 1 aromatic rings. The lowest BCUT2D eigenvalue weighted by atomic mass is 9.95. The summed E-state index contributed by atoms with van der Waals surface area (Å²) in [6, 6.07) is 7.07. The molecule has 1 aliphatic carbocycles. The summed E-state index contributed by atoms with van der Waals surface area (Å²) in [4.78, 5) is 4.21. The van der Waals surface area contributed by atoms with Crippen molar-refractivity contribution in [3.8, 4) is 0 Å². The van der Waals surface area contributed by atoms with Gasteiger partial charge in [-0.1, -0.05) is 18.2 Å². The molecule has 0 unspecified atom stereocenters. The van der Waals surface area contributed by atoms with Gasteiger partial charge in [0.15, 0.2) is 5.96 Å². The number of halogens is 2. The molecule has 4 nitrogen and oxygen atoms in total. The predicted octanol–water partition coefficient (Wildman–Crippen LogP) is 3.07. The molecular formula is C17H27FIN3O. The van der Waals surface area contributed by atoms with E-state index in [9.17, 15) is 4.39 Å². The molecule has 0 bridgehead atoms. The van der Waals surface area contributed by atoms with E-state index in [1.165, 1.54) is 6.07 Å². The molecule has 6 heteroatoms. The van der Waals surface area contributed by atoms with Gasteiger partial charge >= 0.3 is 0 Å². The molecule has 1 saturated carbocycles. The Labute approximate surface area is 155 Å². The molecule has 0 spiro atoms. The van der Waals surface area contributed by atoms with Crippen molar-refractivity contribution in [2.45, 2.75) is 31.6 Å². The van der Waals surface area contributed by atoms with Gasteiger partial charge in [-0.05, 0) is 37.8 Å². The number of aliphatic imine (C=N–C) groups is 1. The molecule has 1 aromatic carbocycles. The van der Waals surface area contributed by atoms with Gasteiger partial charge in [0.2, 0.25) is 0 Å². The van der Waals surface area contributed by atoms with Crippen LogP contribution < -0.4 is 10.6 Å². The maximum absolute atomic E-state index is 14.0. The number of nitrogens with zero attached hydrogens (tertiary/aromatic N) is 1. The lowest BCUT2D eigenvalue weighted by molar-refractivity contribution is 0.145. The molecule has 23 heavy (non-hydrogen) atoms. The molecule has 2 rings (SSSR count). The highest BCUT2D eigenvalue weighted by atomic mass is 127. The zero-order valence-corrected chi connectivity index (χ0v) is 16.2. The Hall–Kier alpha value is -0.890. The van der Waals surface area contributed by atoms with E-state index in [4.69, 9.17) is 4.74 Å². The van der Waals surface area contributed by atoms with Gasteiger partial charge in [-0.2, -0.15) is 0 Å². The van der Waals surface area contributed by atoms with E-state index in [2.05, 4.69) is 15.6 Å². The predicted molar refractivity (Wildman–Crippen MR) is 103 cm³/mol. The molecule has 0 saturated heterocycles. The molecule has 0 heterocycles. The van der Waals surface area contributed by atoms with Gasteiger partial charge in [-0.3, -0.25) is 4.99 Å². The smallest absolute Gasteiger partial charge is 0.191 e. The summed E-state index contributed by atoms with van der Waals surface area (Å²) in [6.45, 7) is 5.01. The quantitative estimate of drug-likeness (QED) is 0.286. The maximum atomic E-state index is 14.0. The van der Waals surface area contributed by atoms with Gasteiger partial charge in [-0.25, -0.2) is 4.39 Å². The number of nitrogens with one attached hydrogen (secondary N) is 2. The van der Waals surface area contributed by atoms with Gasteiger partial charge in [0.1, 0.15) is 5.82 Å². The fourth-order valence-electron chi connectivity index (χ4n) is 2.58. The van der Waals surface area contributed by atoms with E-state index < -0.39 is 0 Å². The minimum atomic E-state index is -0.110. The minimum Gasteiger partial charge on any atom is -0.382 e. The van der Waals surface area contributed by atoms with Crippen molar-refractivity contribution < 1.29 is 9.13 Å². The Bertz CT molecular complexity index is 506. The van der Waals surface area contributed by atoms with Crippen LogP contribution in [0.25, 0.3) is 0 Å². The average molecular weight is 435 g/mol. The zero-order chi connectivity index (χ0) is 15.8. The van der Waals surface area contributed by atoms with Crippen molar-refractivity contribution in [2.24, 2.45) is 4.99 Å². The summed E-state index contributed by atoms with van der Waals surface area (Å²) >= 11 is 0. The van der Waals surface area contributed by atoms with Gasteiger partial charge in [0, 0.05) is 38.8 Å². The van der Waals surface area contributed by atoms with E-state index >= 15 is 0 Å². The van der Waals surface area contributed by atoms with Crippen molar-refractivity contribution in [3.63, 3.8) is 0 Å². The number of hydrogen-bond acceptors (Lipinski definition) is 2. The number of ether oxygens (including phenoxy) is 1. The van der Waals surface area contributed by atoms with Crippen LogP contribution in [0.4, 0.5) is 4.39 Å². The molecule has 130 valence electrons. The largest absolute Gasteiger partial charge is 0.382 e. The van der Waals surface area contributed by atoms with Crippen LogP contribution >= 0.6 is 24.0 Å². The summed E-state index contributed by atoms with van der Waals surface area (Å²) in [5.74, 6) is 0.653. The van der Waals surface area contributed by atoms with Gasteiger partial charge < -0.3 is 15.4 Å². The van der Waals surface area contributed by atoms with Crippen LogP contribution in [0.5, 0.6) is 0 Å². The second kappa shape index (κ2) is 10.1. The fourth-order valence-corrected chi connectivity index (χ4v) is 2.58. The highest BCUT2D eigenvalue weighted by Crippen LogP contribution is 2.48. The van der Waals surface area contributed by atoms with E-state index in [1.807, 2.05) is 19.1 Å². The molecule has 0 atom stereocenters. The Morgan fingerprint density at radius 2 is 2.04 bits per heavy atom. The van der Waals surface area contributed by atoms with Gasteiger partial charge in [0.25, 0.3) is 0 Å². The summed E-state index contributed by atoms with van der Waals surface area (Å²) in [6.07, 6.45) is 2.97. The van der Waals surface area contributed by atoms with Crippen LogP contribution in [-0.2, 0) is 10.2 Å². The van der Waals surface area contributed by atoms with Crippen molar-refractivity contribution in [2.75, 3.05) is 33.4 Å². The Morgan fingerprint density at radius 3 is 2.65 bits per heavy atom. The Kier molecular flexibility index (Phi) is 8.83. The standard InChI is InChI=1S/C17H26FN3O.HI/c1-3-22-12-6-11-20-16(19-2)21-13-17(9-10-17)14-7-4-5-8-15(14)18;/h4-5,7-8H,3,6,9-13H2,1-2H3,(H2,19,20,21);1H. The molecule has 2 N–H and O–H groups in total. The Balaban J connectivity index is 0.00000264. The highest BCUT2D eigenvalue weighted by Gasteiger charge is 2.45. The average Bonchev–Trinajstić information content (AvgIpc) is 3.31. The van der Waals surface area contributed by atoms with Crippen molar-refractivity contribution in [3.05, 3.63) is 35.6 Å². The van der Waals surface area contributed by atoms with E-state index in [1.54, 1.807) is 13.1 Å². The maximum Gasteiger partial charge on any atom is 0.191 e.